The third kappa shape index (κ3) is 4.54. The number of hydrogen-bond acceptors (Lipinski definition) is 8. The van der Waals surface area contributed by atoms with Gasteiger partial charge in [0.05, 0.1) is 32.5 Å². The first-order chi connectivity index (χ1) is 17.2. The van der Waals surface area contributed by atoms with Gasteiger partial charge in [-0.05, 0) is 42.0 Å². The predicted molar refractivity (Wildman–Crippen MR) is 134 cm³/mol. The number of carbonyl (C=O) groups excluding carboxylic acids is 1. The van der Waals surface area contributed by atoms with Crippen LogP contribution in [0.2, 0.25) is 0 Å². The second-order valence-corrected chi connectivity index (χ2v) is 8.26. The Bertz CT molecular complexity index is 1420. The van der Waals surface area contributed by atoms with Crippen LogP contribution in [0.5, 0.6) is 17.4 Å². The number of anilines is 1. The highest BCUT2D eigenvalue weighted by molar-refractivity contribution is 6.04. The van der Waals surface area contributed by atoms with Crippen LogP contribution in [0.3, 0.4) is 0 Å². The van der Waals surface area contributed by atoms with Crippen LogP contribution in [0.25, 0.3) is 0 Å². The molecule has 2 N–H and O–H groups in total. The minimum absolute atomic E-state index is 0.0625. The second-order valence-electron chi connectivity index (χ2n) is 8.26. The van der Waals surface area contributed by atoms with Gasteiger partial charge in [0.1, 0.15) is 17.1 Å². The fourth-order valence-electron chi connectivity index (χ4n) is 4.03. The quantitative estimate of drug-likeness (QED) is 0.512. The van der Waals surface area contributed by atoms with Crippen LogP contribution >= 0.6 is 0 Å². The van der Waals surface area contributed by atoms with Crippen molar-refractivity contribution >= 4 is 17.3 Å². The van der Waals surface area contributed by atoms with E-state index in [1.54, 1.807) is 50.6 Å². The Morgan fingerprint density at radius 2 is 1.58 bits per heavy atom. The maximum absolute atomic E-state index is 13.3. The molecule has 0 saturated heterocycles. The molecule has 0 aliphatic carbocycles. The van der Waals surface area contributed by atoms with Crippen LogP contribution in [-0.2, 0) is 18.9 Å². The Labute approximate surface area is 206 Å². The minimum Gasteiger partial charge on any atom is -0.497 e. The summed E-state index contributed by atoms with van der Waals surface area (Å²) in [5.41, 5.74) is 0.238. The van der Waals surface area contributed by atoms with Crippen molar-refractivity contribution in [3.8, 4) is 17.4 Å². The van der Waals surface area contributed by atoms with Crippen molar-refractivity contribution in [2.24, 2.45) is 19.2 Å². The van der Waals surface area contributed by atoms with Crippen LogP contribution in [0.1, 0.15) is 23.6 Å². The van der Waals surface area contributed by atoms with Crippen molar-refractivity contribution in [2.45, 2.75) is 12.5 Å². The number of nitrogens with one attached hydrogen (secondary N) is 1. The van der Waals surface area contributed by atoms with Crippen LogP contribution in [-0.4, -0.2) is 51.6 Å². The highest BCUT2D eigenvalue weighted by Crippen LogP contribution is 2.34. The molecule has 1 aliphatic heterocycles. The number of methoxy groups -OCH3 is 2. The lowest BCUT2D eigenvalue weighted by atomic mass is 9.99. The summed E-state index contributed by atoms with van der Waals surface area (Å²) in [5.74, 6) is 0.504. The average Bonchev–Trinajstić information content (AvgIpc) is 3.35. The molecule has 3 aromatic rings. The maximum Gasteiger partial charge on any atom is 0.333 e. The molecule has 4 rings (SSSR count). The molecule has 1 atom stereocenters. The summed E-state index contributed by atoms with van der Waals surface area (Å²) in [6.07, 6.45) is 0.168. The number of amides is 1. The number of ether oxygens (including phenoxy) is 2. The summed E-state index contributed by atoms with van der Waals surface area (Å²) in [6.45, 7) is -0.0625. The zero-order chi connectivity index (χ0) is 26.0. The molecule has 2 heterocycles. The van der Waals surface area contributed by atoms with Gasteiger partial charge in [0.2, 0.25) is 5.88 Å². The van der Waals surface area contributed by atoms with Crippen molar-refractivity contribution in [3.05, 3.63) is 80.5 Å². The van der Waals surface area contributed by atoms with E-state index in [1.165, 1.54) is 19.1 Å². The van der Waals surface area contributed by atoms with E-state index in [2.05, 4.69) is 10.4 Å². The molecule has 1 aromatic heterocycles. The minimum atomic E-state index is -0.687. The van der Waals surface area contributed by atoms with Crippen molar-refractivity contribution in [3.63, 3.8) is 0 Å². The summed E-state index contributed by atoms with van der Waals surface area (Å²) in [5, 5.41) is 19.4. The number of aromatic nitrogens is 2. The van der Waals surface area contributed by atoms with Gasteiger partial charge in [0.25, 0.3) is 11.5 Å². The maximum atomic E-state index is 13.3. The molecular formula is C25H27N5O6. The van der Waals surface area contributed by atoms with E-state index in [4.69, 9.17) is 9.47 Å². The van der Waals surface area contributed by atoms with Crippen LogP contribution < -0.4 is 26.0 Å². The van der Waals surface area contributed by atoms with Gasteiger partial charge in [0.15, 0.2) is 0 Å². The number of hydrogen-bond donors (Lipinski definition) is 2. The van der Waals surface area contributed by atoms with E-state index in [0.717, 1.165) is 20.4 Å². The first-order valence-electron chi connectivity index (χ1n) is 11.2. The molecule has 0 bridgehead atoms. The molecule has 2 aromatic carbocycles. The lowest BCUT2D eigenvalue weighted by Crippen LogP contribution is -2.39. The highest BCUT2D eigenvalue weighted by atomic mass is 16.5. The summed E-state index contributed by atoms with van der Waals surface area (Å²) in [6, 6.07) is 13.8. The average molecular weight is 494 g/mol. The number of rotatable bonds is 7. The molecule has 11 nitrogen and oxygen atoms in total. The van der Waals surface area contributed by atoms with Crippen molar-refractivity contribution in [2.75, 3.05) is 26.1 Å². The van der Waals surface area contributed by atoms with E-state index < -0.39 is 23.2 Å². The Morgan fingerprint density at radius 1 is 1.00 bits per heavy atom. The van der Waals surface area contributed by atoms with Gasteiger partial charge in [-0.3, -0.25) is 18.7 Å². The standard InChI is InChI=1S/C25H27N5O6/c1-28-23(32)22(24(33)29(2)25(28)34)19-13-20(15-5-9-17(35-3)10-6-15)30(27-19)21(31)14-26-16-7-11-18(36-4)12-8-16/h5-12,20,26,32H,13-14H2,1-4H3/t20-/m1/s1. The topological polar surface area (TPSA) is 127 Å². The molecule has 11 heteroatoms. The van der Waals surface area contributed by atoms with Crippen LogP contribution in [0.15, 0.2) is 63.2 Å². The Balaban J connectivity index is 1.68. The van der Waals surface area contributed by atoms with Gasteiger partial charge in [-0.25, -0.2) is 9.80 Å². The van der Waals surface area contributed by atoms with Gasteiger partial charge in [-0.1, -0.05) is 12.1 Å². The van der Waals surface area contributed by atoms with Gasteiger partial charge >= 0.3 is 5.69 Å². The van der Waals surface area contributed by atoms with Gasteiger partial charge in [-0.2, -0.15) is 5.10 Å². The fraction of sp³-hybridized carbons (Fsp3) is 0.280. The van der Waals surface area contributed by atoms with Gasteiger partial charge < -0.3 is 19.9 Å². The fourth-order valence-corrected chi connectivity index (χ4v) is 4.03. The number of aromatic hydroxyl groups is 1. The molecule has 0 radical (unpaired) electrons. The Hall–Kier alpha value is -4.54. The first-order valence-corrected chi connectivity index (χ1v) is 11.2. The molecule has 188 valence electrons. The first kappa shape index (κ1) is 24.6. The second kappa shape index (κ2) is 9.98. The lowest BCUT2D eigenvalue weighted by Gasteiger charge is -2.22. The zero-order valence-electron chi connectivity index (χ0n) is 20.4. The van der Waals surface area contributed by atoms with E-state index in [1.807, 2.05) is 12.1 Å². The van der Waals surface area contributed by atoms with E-state index >= 15 is 0 Å². The molecule has 0 unspecified atom stereocenters. The molecular weight excluding hydrogens is 466 g/mol. The normalized spacial score (nSPS) is 14.9. The molecule has 0 fully saturated rings. The number of nitrogens with zero attached hydrogens (tertiary/aromatic N) is 4. The van der Waals surface area contributed by atoms with Crippen LogP contribution in [0, 0.1) is 0 Å². The monoisotopic (exact) mass is 493 g/mol. The molecule has 0 saturated carbocycles. The van der Waals surface area contributed by atoms with E-state index in [-0.39, 0.29) is 30.1 Å². The summed E-state index contributed by atoms with van der Waals surface area (Å²) in [7, 11) is 5.82. The number of benzene rings is 2. The van der Waals surface area contributed by atoms with Crippen molar-refractivity contribution < 1.29 is 19.4 Å². The zero-order valence-corrected chi connectivity index (χ0v) is 20.4. The van der Waals surface area contributed by atoms with Gasteiger partial charge in [0, 0.05) is 26.2 Å². The smallest absolute Gasteiger partial charge is 0.333 e. The van der Waals surface area contributed by atoms with Crippen molar-refractivity contribution in [1.29, 1.82) is 0 Å². The molecule has 36 heavy (non-hydrogen) atoms. The highest BCUT2D eigenvalue weighted by Gasteiger charge is 2.35. The van der Waals surface area contributed by atoms with Crippen LogP contribution in [0.4, 0.5) is 5.69 Å². The third-order valence-electron chi connectivity index (χ3n) is 6.12. The van der Waals surface area contributed by atoms with Gasteiger partial charge in [-0.15, -0.1) is 0 Å². The molecule has 1 amide bonds. The summed E-state index contributed by atoms with van der Waals surface area (Å²) >= 11 is 0. The Morgan fingerprint density at radius 3 is 2.17 bits per heavy atom. The molecule has 0 spiro atoms. The van der Waals surface area contributed by atoms with E-state index in [9.17, 15) is 19.5 Å². The SMILES string of the molecule is COc1ccc(NCC(=O)N2N=C(c3c(O)n(C)c(=O)n(C)c3=O)C[C@@H]2c2ccc(OC)cc2)cc1. The number of hydrazone groups is 1. The number of carbonyl (C=O) groups is 1. The summed E-state index contributed by atoms with van der Waals surface area (Å²) in [4.78, 5) is 38.4. The van der Waals surface area contributed by atoms with Crippen molar-refractivity contribution in [1.82, 2.24) is 14.1 Å². The third-order valence-corrected chi connectivity index (χ3v) is 6.12. The molecule has 1 aliphatic rings. The summed E-state index contributed by atoms with van der Waals surface area (Å²) < 4.78 is 12.3. The Kier molecular flexibility index (Phi) is 6.82. The largest absolute Gasteiger partial charge is 0.497 e. The predicted octanol–water partition coefficient (Wildman–Crippen LogP) is 1.60. The van der Waals surface area contributed by atoms with E-state index in [0.29, 0.717) is 11.5 Å². The lowest BCUT2D eigenvalue weighted by molar-refractivity contribution is -0.131.